The molecule has 0 N–H and O–H groups in total. The van der Waals surface area contributed by atoms with Gasteiger partial charge in [0.1, 0.15) is 0 Å². The topological polar surface area (TPSA) is 49.4 Å². The van der Waals surface area contributed by atoms with Gasteiger partial charge in [-0.2, -0.15) is 0 Å². The van der Waals surface area contributed by atoms with Crippen molar-refractivity contribution in [3.05, 3.63) is 29.8 Å². The first-order chi connectivity index (χ1) is 5.74. The molecule has 1 unspecified atom stereocenters. The molecular weight excluding hydrogens is 199 g/mol. The maximum absolute atomic E-state index is 10.5. The average molecular weight is 208 g/mol. The van der Waals surface area contributed by atoms with E-state index < -0.39 is 11.1 Å². The van der Waals surface area contributed by atoms with Gasteiger partial charge in [-0.3, -0.25) is 4.21 Å². The van der Waals surface area contributed by atoms with E-state index in [0.717, 1.165) is 5.56 Å². The predicted molar refractivity (Wildman–Crippen MR) is 44.3 cm³/mol. The molecule has 1 atom stereocenters. The van der Waals surface area contributed by atoms with Gasteiger partial charge in [0.05, 0.1) is 6.61 Å². The fourth-order valence-corrected chi connectivity index (χ4v) is 1.34. The molecule has 1 aromatic rings. The summed E-state index contributed by atoms with van der Waals surface area (Å²) in [6.07, 6.45) is 0. The van der Waals surface area contributed by atoms with Gasteiger partial charge in [-0.15, -0.1) is 0 Å². The van der Waals surface area contributed by atoms with Gasteiger partial charge in [-0.25, -0.2) is 0 Å². The van der Waals surface area contributed by atoms with E-state index in [1.807, 2.05) is 6.07 Å². The summed E-state index contributed by atoms with van der Waals surface area (Å²) < 4.78 is 25.9. The van der Waals surface area contributed by atoms with Gasteiger partial charge in [0.25, 0.3) is 0 Å². The van der Waals surface area contributed by atoms with Crippen LogP contribution >= 0.6 is 0 Å². The third kappa shape index (κ3) is 4.35. The first-order valence-corrected chi connectivity index (χ1v) is 4.48. The van der Waals surface area contributed by atoms with Crippen LogP contribution in [0.25, 0.3) is 0 Å². The Hall–Kier alpha value is 0.290. The number of benzene rings is 1. The van der Waals surface area contributed by atoms with Crippen molar-refractivity contribution in [3.63, 3.8) is 0 Å². The second kappa shape index (κ2) is 6.70. The van der Waals surface area contributed by atoms with Gasteiger partial charge in [-0.05, 0) is 28.8 Å². The molecule has 66 valence electrons. The smallest absolute Gasteiger partial charge is 0.768 e. The number of ether oxygens (including phenoxy) is 1. The van der Waals surface area contributed by atoms with Crippen LogP contribution in [0.3, 0.4) is 0 Å². The summed E-state index contributed by atoms with van der Waals surface area (Å²) in [5, 5.41) is 0. The molecule has 1 rings (SSSR count). The monoisotopic (exact) mass is 208 g/mol. The second-order valence-corrected chi connectivity index (χ2v) is 3.26. The van der Waals surface area contributed by atoms with E-state index in [1.54, 1.807) is 25.3 Å². The molecule has 0 radical (unpaired) electrons. The van der Waals surface area contributed by atoms with E-state index in [0.29, 0.717) is 11.5 Å². The van der Waals surface area contributed by atoms with Gasteiger partial charge >= 0.3 is 29.6 Å². The van der Waals surface area contributed by atoms with Crippen LogP contribution in [-0.4, -0.2) is 15.9 Å². The van der Waals surface area contributed by atoms with Crippen molar-refractivity contribution in [3.8, 4) is 0 Å². The number of hydrogen-bond donors (Lipinski definition) is 0. The molecule has 0 spiro atoms. The van der Waals surface area contributed by atoms with Crippen LogP contribution in [0.1, 0.15) is 5.56 Å². The van der Waals surface area contributed by atoms with Crippen molar-refractivity contribution in [2.45, 2.75) is 11.5 Å². The van der Waals surface area contributed by atoms with Crippen LogP contribution in [0, 0.1) is 0 Å². The van der Waals surface area contributed by atoms with Gasteiger partial charge in [0.15, 0.2) is 0 Å². The molecule has 0 bridgehead atoms. The second-order valence-electron chi connectivity index (χ2n) is 2.32. The third-order valence-electron chi connectivity index (χ3n) is 1.40. The molecule has 3 nitrogen and oxygen atoms in total. The van der Waals surface area contributed by atoms with Crippen molar-refractivity contribution >= 4 is 11.1 Å². The summed E-state index contributed by atoms with van der Waals surface area (Å²) in [7, 11) is 1.57. The summed E-state index contributed by atoms with van der Waals surface area (Å²) >= 11 is -2.15. The minimum atomic E-state index is -2.15. The molecule has 0 amide bonds. The number of methoxy groups -OCH3 is 1. The maximum atomic E-state index is 10.5. The van der Waals surface area contributed by atoms with Crippen molar-refractivity contribution in [2.24, 2.45) is 0 Å². The standard InChI is InChI=1S/C8H10O3S.Na/c1-11-6-7-3-2-4-8(5-7)12(9)10;/h2-5H,6H2,1H3,(H,9,10);/q;+1/p-1. The Kier molecular flexibility index (Phi) is 6.85. The first kappa shape index (κ1) is 13.3. The van der Waals surface area contributed by atoms with Crippen LogP contribution in [0.4, 0.5) is 0 Å². The summed E-state index contributed by atoms with van der Waals surface area (Å²) in [5.41, 5.74) is 0.860. The van der Waals surface area contributed by atoms with Crippen LogP contribution in [0.15, 0.2) is 29.2 Å². The summed E-state index contributed by atoms with van der Waals surface area (Å²) in [5.74, 6) is 0. The first-order valence-electron chi connectivity index (χ1n) is 3.41. The minimum Gasteiger partial charge on any atom is -0.768 e. The Morgan fingerprint density at radius 1 is 1.54 bits per heavy atom. The van der Waals surface area contributed by atoms with Gasteiger partial charge < -0.3 is 9.29 Å². The van der Waals surface area contributed by atoms with Crippen LogP contribution in [0.2, 0.25) is 0 Å². The van der Waals surface area contributed by atoms with Gasteiger partial charge in [0, 0.05) is 12.0 Å². The molecule has 13 heavy (non-hydrogen) atoms. The number of rotatable bonds is 3. The van der Waals surface area contributed by atoms with E-state index >= 15 is 0 Å². The molecule has 0 aromatic heterocycles. The normalized spacial score (nSPS) is 11.8. The Bertz CT molecular complexity index is 290. The Labute approximate surface area is 102 Å². The molecule has 0 aliphatic heterocycles. The van der Waals surface area contributed by atoms with Crippen molar-refractivity contribution in [2.75, 3.05) is 7.11 Å². The largest absolute Gasteiger partial charge is 1.00 e. The van der Waals surface area contributed by atoms with E-state index in [1.165, 1.54) is 0 Å². The van der Waals surface area contributed by atoms with Crippen molar-refractivity contribution in [1.82, 2.24) is 0 Å². The average Bonchev–Trinajstić information content (AvgIpc) is 2.05. The molecule has 0 fully saturated rings. The fourth-order valence-electron chi connectivity index (χ4n) is 0.906. The van der Waals surface area contributed by atoms with Crippen molar-refractivity contribution in [1.29, 1.82) is 0 Å². The van der Waals surface area contributed by atoms with Crippen molar-refractivity contribution < 1.29 is 43.1 Å². The van der Waals surface area contributed by atoms with Crippen LogP contribution in [-0.2, 0) is 22.4 Å². The molecule has 0 aliphatic rings. The molecular formula is C8H9NaO3S. The zero-order valence-corrected chi connectivity index (χ0v) is 10.5. The summed E-state index contributed by atoms with van der Waals surface area (Å²) in [6.45, 7) is 0.436. The quantitative estimate of drug-likeness (QED) is 0.429. The minimum absolute atomic E-state index is 0. The van der Waals surface area contributed by atoms with Crippen LogP contribution < -0.4 is 29.6 Å². The van der Waals surface area contributed by atoms with E-state index in [2.05, 4.69) is 0 Å². The maximum Gasteiger partial charge on any atom is 1.00 e. The van der Waals surface area contributed by atoms with Gasteiger partial charge in [0.2, 0.25) is 0 Å². The Morgan fingerprint density at radius 2 is 2.23 bits per heavy atom. The summed E-state index contributed by atoms with van der Waals surface area (Å²) in [4.78, 5) is 0.296. The fraction of sp³-hybridized carbons (Fsp3) is 0.250. The molecule has 0 heterocycles. The third-order valence-corrected chi connectivity index (χ3v) is 2.04. The SMILES string of the molecule is COCc1cccc(S(=O)[O-])c1.[Na+]. The van der Waals surface area contributed by atoms with E-state index in [-0.39, 0.29) is 29.6 Å². The molecule has 1 aromatic carbocycles. The molecule has 0 saturated carbocycles. The summed E-state index contributed by atoms with van der Waals surface area (Å²) in [6, 6.07) is 6.65. The zero-order chi connectivity index (χ0) is 8.97. The molecule has 0 saturated heterocycles. The van der Waals surface area contributed by atoms with E-state index in [4.69, 9.17) is 4.74 Å². The zero-order valence-electron chi connectivity index (χ0n) is 7.65. The Balaban J connectivity index is 0.00000144. The van der Waals surface area contributed by atoms with E-state index in [9.17, 15) is 8.76 Å². The number of hydrogen-bond acceptors (Lipinski definition) is 3. The van der Waals surface area contributed by atoms with Crippen LogP contribution in [0.5, 0.6) is 0 Å². The van der Waals surface area contributed by atoms with Gasteiger partial charge in [-0.1, -0.05) is 12.1 Å². The predicted octanol–water partition coefficient (Wildman–Crippen LogP) is -1.92. The molecule has 0 aliphatic carbocycles. The Morgan fingerprint density at radius 3 is 2.77 bits per heavy atom. The molecule has 5 heteroatoms.